The summed E-state index contributed by atoms with van der Waals surface area (Å²) in [6.07, 6.45) is 0.936. The van der Waals surface area contributed by atoms with Gasteiger partial charge in [0.15, 0.2) is 0 Å². The molecule has 1 heterocycles. The molecule has 0 aromatic heterocycles. The van der Waals surface area contributed by atoms with E-state index in [-0.39, 0.29) is 11.9 Å². The quantitative estimate of drug-likeness (QED) is 0.892. The topological polar surface area (TPSA) is 21.3 Å². The predicted octanol–water partition coefficient (Wildman–Crippen LogP) is 3.07. The molecule has 0 radical (unpaired) electrons. The first kappa shape index (κ1) is 12.2. The van der Waals surface area contributed by atoms with Crippen molar-refractivity contribution in [3.63, 3.8) is 0 Å². The van der Waals surface area contributed by atoms with Crippen LogP contribution in [0.5, 0.6) is 5.75 Å². The lowest BCUT2D eigenvalue weighted by Crippen LogP contribution is -2.30. The zero-order chi connectivity index (χ0) is 13.2. The molecule has 1 aliphatic rings. The van der Waals surface area contributed by atoms with Crippen molar-refractivity contribution >= 4 is 0 Å². The number of fused-ring (bicyclic) bond motifs is 1. The van der Waals surface area contributed by atoms with E-state index >= 15 is 0 Å². The van der Waals surface area contributed by atoms with Gasteiger partial charge in [0.2, 0.25) is 0 Å². The normalized spacial score (nSPS) is 17.9. The van der Waals surface area contributed by atoms with Crippen LogP contribution in [0.15, 0.2) is 42.5 Å². The highest BCUT2D eigenvalue weighted by Crippen LogP contribution is 2.33. The molecule has 0 saturated carbocycles. The first-order valence-corrected chi connectivity index (χ1v) is 6.44. The summed E-state index contributed by atoms with van der Waals surface area (Å²) in [6.45, 7) is 0.870. The fraction of sp³-hybridized carbons (Fsp3) is 0.250. The van der Waals surface area contributed by atoms with Gasteiger partial charge < -0.3 is 10.1 Å². The van der Waals surface area contributed by atoms with Crippen LogP contribution in [0.25, 0.3) is 0 Å². The predicted molar refractivity (Wildman–Crippen MR) is 72.9 cm³/mol. The molecule has 1 N–H and O–H groups in total. The van der Waals surface area contributed by atoms with Gasteiger partial charge in [0, 0.05) is 12.1 Å². The van der Waals surface area contributed by atoms with Gasteiger partial charge >= 0.3 is 0 Å². The Morgan fingerprint density at radius 2 is 2.05 bits per heavy atom. The Labute approximate surface area is 112 Å². The highest BCUT2D eigenvalue weighted by molar-refractivity contribution is 5.47. The Bertz CT molecular complexity index is 597. The van der Waals surface area contributed by atoms with E-state index in [1.807, 2.05) is 18.2 Å². The zero-order valence-corrected chi connectivity index (χ0v) is 10.8. The lowest BCUT2D eigenvalue weighted by molar-refractivity contribution is 0.403. The molecule has 1 unspecified atom stereocenters. The van der Waals surface area contributed by atoms with Crippen molar-refractivity contribution in [2.24, 2.45) is 0 Å². The number of hydrogen-bond acceptors (Lipinski definition) is 2. The van der Waals surface area contributed by atoms with Crippen molar-refractivity contribution in [1.82, 2.24) is 5.32 Å². The van der Waals surface area contributed by atoms with Gasteiger partial charge in [-0.25, -0.2) is 4.39 Å². The van der Waals surface area contributed by atoms with Crippen LogP contribution < -0.4 is 10.1 Å². The van der Waals surface area contributed by atoms with Gasteiger partial charge in [-0.1, -0.05) is 24.3 Å². The van der Waals surface area contributed by atoms with Gasteiger partial charge in [-0.05, 0) is 35.7 Å². The Hall–Kier alpha value is -1.87. The summed E-state index contributed by atoms with van der Waals surface area (Å²) in [4.78, 5) is 0. The van der Waals surface area contributed by atoms with Crippen molar-refractivity contribution in [3.05, 3.63) is 65.0 Å². The van der Waals surface area contributed by atoms with Crippen LogP contribution in [0.4, 0.5) is 4.39 Å². The first-order valence-electron chi connectivity index (χ1n) is 6.44. The lowest BCUT2D eigenvalue weighted by Gasteiger charge is -2.28. The minimum Gasteiger partial charge on any atom is -0.496 e. The van der Waals surface area contributed by atoms with E-state index < -0.39 is 0 Å². The SMILES string of the molecule is COc1cccc2c1CCNC2c1cccc(F)c1. The van der Waals surface area contributed by atoms with Gasteiger partial charge in [-0.3, -0.25) is 0 Å². The average Bonchev–Trinajstić information content (AvgIpc) is 2.46. The maximum Gasteiger partial charge on any atom is 0.123 e. The molecule has 2 nitrogen and oxygen atoms in total. The molecule has 0 fully saturated rings. The van der Waals surface area contributed by atoms with Crippen LogP contribution in [0.1, 0.15) is 22.7 Å². The molecule has 3 heteroatoms. The van der Waals surface area contributed by atoms with Crippen molar-refractivity contribution in [3.8, 4) is 5.75 Å². The molecule has 0 amide bonds. The summed E-state index contributed by atoms with van der Waals surface area (Å²) >= 11 is 0. The zero-order valence-electron chi connectivity index (χ0n) is 10.8. The molecule has 0 aliphatic carbocycles. The van der Waals surface area contributed by atoms with E-state index in [0.717, 1.165) is 24.3 Å². The van der Waals surface area contributed by atoms with Crippen molar-refractivity contribution in [1.29, 1.82) is 0 Å². The van der Waals surface area contributed by atoms with E-state index in [2.05, 4.69) is 11.4 Å². The number of nitrogens with one attached hydrogen (secondary N) is 1. The largest absolute Gasteiger partial charge is 0.496 e. The molecule has 1 aliphatic heterocycles. The molecular weight excluding hydrogens is 241 g/mol. The highest BCUT2D eigenvalue weighted by atomic mass is 19.1. The summed E-state index contributed by atoms with van der Waals surface area (Å²) in [5.41, 5.74) is 3.35. The van der Waals surface area contributed by atoms with Gasteiger partial charge in [0.25, 0.3) is 0 Å². The van der Waals surface area contributed by atoms with Gasteiger partial charge in [0.1, 0.15) is 11.6 Å². The van der Waals surface area contributed by atoms with Crippen LogP contribution in [0, 0.1) is 5.82 Å². The Morgan fingerprint density at radius 3 is 2.84 bits per heavy atom. The third-order valence-corrected chi connectivity index (χ3v) is 3.61. The van der Waals surface area contributed by atoms with E-state index in [0.29, 0.717) is 0 Å². The lowest BCUT2D eigenvalue weighted by atomic mass is 9.89. The van der Waals surface area contributed by atoms with E-state index in [9.17, 15) is 4.39 Å². The second kappa shape index (κ2) is 5.02. The molecule has 3 rings (SSSR count). The fourth-order valence-electron chi connectivity index (χ4n) is 2.75. The number of hydrogen-bond donors (Lipinski definition) is 1. The number of halogens is 1. The minimum atomic E-state index is -0.200. The van der Waals surface area contributed by atoms with Crippen molar-refractivity contribution < 1.29 is 9.13 Å². The molecule has 98 valence electrons. The van der Waals surface area contributed by atoms with Gasteiger partial charge in [-0.2, -0.15) is 0 Å². The summed E-state index contributed by atoms with van der Waals surface area (Å²) < 4.78 is 18.8. The van der Waals surface area contributed by atoms with Crippen molar-refractivity contribution in [2.45, 2.75) is 12.5 Å². The third-order valence-electron chi connectivity index (χ3n) is 3.61. The maximum atomic E-state index is 13.4. The smallest absolute Gasteiger partial charge is 0.123 e. The number of benzene rings is 2. The summed E-state index contributed by atoms with van der Waals surface area (Å²) in [5, 5.41) is 3.45. The van der Waals surface area contributed by atoms with E-state index in [1.165, 1.54) is 17.2 Å². The molecule has 0 spiro atoms. The van der Waals surface area contributed by atoms with Gasteiger partial charge in [0.05, 0.1) is 13.2 Å². The van der Waals surface area contributed by atoms with E-state index in [4.69, 9.17) is 4.74 Å². The molecule has 0 bridgehead atoms. The number of methoxy groups -OCH3 is 1. The van der Waals surface area contributed by atoms with Crippen molar-refractivity contribution in [2.75, 3.05) is 13.7 Å². The monoisotopic (exact) mass is 257 g/mol. The standard InChI is InChI=1S/C16H16FNO/c1-19-15-7-3-6-14-13(15)8-9-18-16(14)11-4-2-5-12(17)10-11/h2-7,10,16,18H,8-9H2,1H3. The average molecular weight is 257 g/mol. The van der Waals surface area contributed by atoms with Crippen LogP contribution in [0.3, 0.4) is 0 Å². The number of rotatable bonds is 2. The molecule has 2 aromatic carbocycles. The summed E-state index contributed by atoms with van der Waals surface area (Å²) in [5.74, 6) is 0.717. The Balaban J connectivity index is 2.08. The molecule has 19 heavy (non-hydrogen) atoms. The second-order valence-corrected chi connectivity index (χ2v) is 4.72. The van der Waals surface area contributed by atoms with Gasteiger partial charge in [-0.15, -0.1) is 0 Å². The second-order valence-electron chi connectivity index (χ2n) is 4.72. The summed E-state index contributed by atoms with van der Waals surface area (Å²) in [6, 6.07) is 12.8. The molecule has 2 aromatic rings. The minimum absolute atomic E-state index is 0.0366. The Kier molecular flexibility index (Phi) is 3.22. The van der Waals surface area contributed by atoms with Crippen LogP contribution >= 0.6 is 0 Å². The van der Waals surface area contributed by atoms with Crippen LogP contribution in [-0.2, 0) is 6.42 Å². The molecular formula is C16H16FNO. The van der Waals surface area contributed by atoms with Crippen LogP contribution in [-0.4, -0.2) is 13.7 Å². The Morgan fingerprint density at radius 1 is 1.21 bits per heavy atom. The molecule has 1 atom stereocenters. The first-order chi connectivity index (χ1) is 9.29. The summed E-state index contributed by atoms with van der Waals surface area (Å²) in [7, 11) is 1.69. The third kappa shape index (κ3) is 2.22. The number of ether oxygens (including phenoxy) is 1. The van der Waals surface area contributed by atoms with Crippen LogP contribution in [0.2, 0.25) is 0 Å². The fourth-order valence-corrected chi connectivity index (χ4v) is 2.75. The van der Waals surface area contributed by atoms with E-state index in [1.54, 1.807) is 19.2 Å². The maximum absolute atomic E-state index is 13.4. The molecule has 0 saturated heterocycles. The highest BCUT2D eigenvalue weighted by Gasteiger charge is 2.23.